The van der Waals surface area contributed by atoms with Crippen LogP contribution in [0.2, 0.25) is 0 Å². The van der Waals surface area contributed by atoms with E-state index in [1.807, 2.05) is 37.3 Å². The number of anilines is 2. The SMILES string of the molecule is CCCC(=O)Nc1cccc(C(=O)Nc2nnc(CSc3ccccc3)s2)c1. The average Bonchev–Trinajstić information content (AvgIpc) is 3.15. The van der Waals surface area contributed by atoms with Gasteiger partial charge in [-0.05, 0) is 36.8 Å². The molecule has 0 saturated heterocycles. The molecule has 0 spiro atoms. The van der Waals surface area contributed by atoms with E-state index >= 15 is 0 Å². The van der Waals surface area contributed by atoms with E-state index in [0.717, 1.165) is 16.3 Å². The highest BCUT2D eigenvalue weighted by Crippen LogP contribution is 2.26. The monoisotopic (exact) mass is 412 g/mol. The van der Waals surface area contributed by atoms with E-state index in [2.05, 4.69) is 20.8 Å². The molecule has 1 aromatic heterocycles. The molecule has 0 fully saturated rings. The molecule has 1 heterocycles. The number of nitrogens with one attached hydrogen (secondary N) is 2. The topological polar surface area (TPSA) is 84.0 Å². The first-order chi connectivity index (χ1) is 13.6. The quantitative estimate of drug-likeness (QED) is 0.518. The number of rotatable bonds is 8. The van der Waals surface area contributed by atoms with Crippen LogP contribution in [0.5, 0.6) is 0 Å². The maximum atomic E-state index is 12.5. The van der Waals surface area contributed by atoms with Crippen molar-refractivity contribution in [2.24, 2.45) is 0 Å². The summed E-state index contributed by atoms with van der Waals surface area (Å²) in [7, 11) is 0. The molecule has 0 saturated carbocycles. The van der Waals surface area contributed by atoms with Crippen molar-refractivity contribution >= 4 is 45.7 Å². The van der Waals surface area contributed by atoms with Gasteiger partial charge in [-0.2, -0.15) is 0 Å². The predicted molar refractivity (Wildman–Crippen MR) is 114 cm³/mol. The van der Waals surface area contributed by atoms with Crippen molar-refractivity contribution < 1.29 is 9.59 Å². The lowest BCUT2D eigenvalue weighted by atomic mass is 10.2. The Hall–Kier alpha value is -2.71. The number of hydrogen-bond donors (Lipinski definition) is 2. The lowest BCUT2D eigenvalue weighted by Crippen LogP contribution is -2.14. The third-order valence-electron chi connectivity index (χ3n) is 3.68. The number of carbonyl (C=O) groups excluding carboxylic acids is 2. The fourth-order valence-electron chi connectivity index (χ4n) is 2.38. The summed E-state index contributed by atoms with van der Waals surface area (Å²) in [6.45, 7) is 1.94. The number of hydrogen-bond acceptors (Lipinski definition) is 6. The first-order valence-electron chi connectivity index (χ1n) is 8.85. The van der Waals surface area contributed by atoms with Crippen LogP contribution in [0.1, 0.15) is 35.1 Å². The Morgan fingerprint density at radius 2 is 1.86 bits per heavy atom. The Morgan fingerprint density at radius 3 is 2.64 bits per heavy atom. The number of amides is 2. The number of thioether (sulfide) groups is 1. The van der Waals surface area contributed by atoms with Gasteiger partial charge in [0.05, 0.1) is 5.75 Å². The van der Waals surface area contributed by atoms with Gasteiger partial charge in [-0.3, -0.25) is 14.9 Å². The minimum Gasteiger partial charge on any atom is -0.326 e. The van der Waals surface area contributed by atoms with Crippen LogP contribution in [0.4, 0.5) is 10.8 Å². The van der Waals surface area contributed by atoms with Crippen molar-refractivity contribution in [3.8, 4) is 0 Å². The summed E-state index contributed by atoms with van der Waals surface area (Å²) < 4.78 is 0. The summed E-state index contributed by atoms with van der Waals surface area (Å²) in [6, 6.07) is 16.9. The van der Waals surface area contributed by atoms with Crippen LogP contribution in [0.3, 0.4) is 0 Å². The zero-order valence-electron chi connectivity index (χ0n) is 15.3. The normalized spacial score (nSPS) is 10.5. The summed E-state index contributed by atoms with van der Waals surface area (Å²) >= 11 is 3.02. The Balaban J connectivity index is 1.57. The summed E-state index contributed by atoms with van der Waals surface area (Å²) in [5.41, 5.74) is 1.05. The molecule has 0 radical (unpaired) electrons. The zero-order chi connectivity index (χ0) is 19.8. The first kappa shape index (κ1) is 20.0. The van der Waals surface area contributed by atoms with Crippen molar-refractivity contribution in [1.29, 1.82) is 0 Å². The fraction of sp³-hybridized carbons (Fsp3) is 0.200. The lowest BCUT2D eigenvalue weighted by molar-refractivity contribution is -0.116. The van der Waals surface area contributed by atoms with Crippen molar-refractivity contribution in [3.63, 3.8) is 0 Å². The average molecular weight is 413 g/mol. The van der Waals surface area contributed by atoms with E-state index in [9.17, 15) is 9.59 Å². The Labute approximate surface area is 171 Å². The van der Waals surface area contributed by atoms with Gasteiger partial charge in [-0.25, -0.2) is 0 Å². The number of benzene rings is 2. The third-order valence-corrected chi connectivity index (χ3v) is 5.72. The molecule has 2 aromatic carbocycles. The molecule has 0 aliphatic heterocycles. The number of nitrogens with zero attached hydrogens (tertiary/aromatic N) is 2. The van der Waals surface area contributed by atoms with Crippen molar-refractivity contribution in [2.75, 3.05) is 10.6 Å². The van der Waals surface area contributed by atoms with Gasteiger partial charge in [0.1, 0.15) is 5.01 Å². The van der Waals surface area contributed by atoms with Gasteiger partial charge in [0.15, 0.2) is 0 Å². The van der Waals surface area contributed by atoms with Gasteiger partial charge in [0.2, 0.25) is 11.0 Å². The van der Waals surface area contributed by atoms with Crippen LogP contribution in [0, 0.1) is 0 Å². The predicted octanol–water partition coefficient (Wildman–Crippen LogP) is 4.82. The molecule has 3 rings (SSSR count). The number of aromatic nitrogens is 2. The lowest BCUT2D eigenvalue weighted by Gasteiger charge is -2.06. The Bertz CT molecular complexity index is 944. The van der Waals surface area contributed by atoms with Crippen molar-refractivity contribution in [2.45, 2.75) is 30.4 Å². The molecule has 0 bridgehead atoms. The van der Waals surface area contributed by atoms with Gasteiger partial charge in [-0.1, -0.05) is 42.5 Å². The second-order valence-corrected chi connectivity index (χ2v) is 8.05. The molecule has 3 aromatic rings. The molecule has 0 aliphatic rings. The molecule has 144 valence electrons. The minimum atomic E-state index is -0.287. The summed E-state index contributed by atoms with van der Waals surface area (Å²) in [6.07, 6.45) is 1.22. The second-order valence-electron chi connectivity index (χ2n) is 5.94. The van der Waals surface area contributed by atoms with Gasteiger partial charge < -0.3 is 5.32 Å². The highest BCUT2D eigenvalue weighted by molar-refractivity contribution is 7.98. The summed E-state index contributed by atoms with van der Waals surface area (Å²) in [5, 5.41) is 15.0. The molecule has 6 nitrogen and oxygen atoms in total. The van der Waals surface area contributed by atoms with Gasteiger partial charge in [0, 0.05) is 22.6 Å². The van der Waals surface area contributed by atoms with Gasteiger partial charge in [0.25, 0.3) is 5.91 Å². The maximum absolute atomic E-state index is 12.5. The maximum Gasteiger partial charge on any atom is 0.257 e. The van der Waals surface area contributed by atoms with E-state index in [1.54, 1.807) is 36.0 Å². The van der Waals surface area contributed by atoms with E-state index < -0.39 is 0 Å². The van der Waals surface area contributed by atoms with E-state index in [4.69, 9.17) is 0 Å². The summed E-state index contributed by atoms with van der Waals surface area (Å²) in [5.74, 6) is 0.339. The van der Waals surface area contributed by atoms with E-state index in [1.165, 1.54) is 11.3 Å². The molecule has 8 heteroatoms. The molecule has 0 atom stereocenters. The Kier molecular flexibility index (Phi) is 7.16. The highest BCUT2D eigenvalue weighted by Gasteiger charge is 2.12. The van der Waals surface area contributed by atoms with Gasteiger partial charge >= 0.3 is 0 Å². The van der Waals surface area contributed by atoms with Crippen LogP contribution in [-0.4, -0.2) is 22.0 Å². The molecule has 0 unspecified atom stereocenters. The minimum absolute atomic E-state index is 0.0651. The summed E-state index contributed by atoms with van der Waals surface area (Å²) in [4.78, 5) is 25.4. The van der Waals surface area contributed by atoms with Crippen molar-refractivity contribution in [3.05, 3.63) is 65.2 Å². The fourth-order valence-corrected chi connectivity index (χ4v) is 4.02. The Morgan fingerprint density at radius 1 is 1.04 bits per heavy atom. The number of carbonyl (C=O) groups is 2. The largest absolute Gasteiger partial charge is 0.326 e. The van der Waals surface area contributed by atoms with E-state index in [0.29, 0.717) is 28.6 Å². The van der Waals surface area contributed by atoms with Crippen molar-refractivity contribution in [1.82, 2.24) is 10.2 Å². The zero-order valence-corrected chi connectivity index (χ0v) is 17.0. The van der Waals surface area contributed by atoms with Crippen LogP contribution in [0.15, 0.2) is 59.5 Å². The molecule has 2 amide bonds. The molecule has 28 heavy (non-hydrogen) atoms. The molecule has 0 aliphatic carbocycles. The smallest absolute Gasteiger partial charge is 0.257 e. The third kappa shape index (κ3) is 5.90. The second kappa shape index (κ2) is 10.0. The van der Waals surface area contributed by atoms with Crippen LogP contribution >= 0.6 is 23.1 Å². The van der Waals surface area contributed by atoms with E-state index in [-0.39, 0.29) is 11.8 Å². The highest BCUT2D eigenvalue weighted by atomic mass is 32.2. The van der Waals surface area contributed by atoms with Crippen LogP contribution in [-0.2, 0) is 10.5 Å². The molecular weight excluding hydrogens is 392 g/mol. The first-order valence-corrected chi connectivity index (χ1v) is 10.7. The van der Waals surface area contributed by atoms with Crippen LogP contribution < -0.4 is 10.6 Å². The molecular formula is C20H20N4O2S2. The standard InChI is InChI=1S/C20H20N4O2S2/c1-2-7-17(25)21-15-9-6-8-14(12-15)19(26)22-20-24-23-18(28-20)13-27-16-10-4-3-5-11-16/h3-6,8-12H,2,7,13H2,1H3,(H,21,25)(H,22,24,26). The molecule has 2 N–H and O–H groups in total. The van der Waals surface area contributed by atoms with Crippen LogP contribution in [0.25, 0.3) is 0 Å². The van der Waals surface area contributed by atoms with Gasteiger partial charge in [-0.15, -0.1) is 22.0 Å².